The number of likely N-dealkylation sites (tertiary alicyclic amines) is 1. The first kappa shape index (κ1) is 16.9. The van der Waals surface area contributed by atoms with E-state index in [2.05, 4.69) is 10.6 Å². The molecule has 132 valence electrons. The second-order valence-electron chi connectivity index (χ2n) is 6.75. The zero-order chi connectivity index (χ0) is 18.4. The molecule has 4 amide bonds. The average Bonchev–Trinajstić information content (AvgIpc) is 3.08. The molecule has 25 heavy (non-hydrogen) atoms. The minimum atomic E-state index is -1.21. The average molecular weight is 345 g/mol. The number of urea groups is 1. The van der Waals surface area contributed by atoms with Gasteiger partial charge in [-0.05, 0) is 44.4 Å². The third kappa shape index (κ3) is 2.54. The summed E-state index contributed by atoms with van der Waals surface area (Å²) in [7, 11) is 0. The van der Waals surface area contributed by atoms with E-state index < -0.39 is 29.0 Å². The lowest BCUT2D eigenvalue weighted by Crippen LogP contribution is -2.50. The van der Waals surface area contributed by atoms with Gasteiger partial charge >= 0.3 is 12.0 Å². The number of aliphatic carboxylic acids is 1. The van der Waals surface area contributed by atoms with E-state index in [9.17, 15) is 24.3 Å². The molecule has 2 aliphatic heterocycles. The SMILES string of the molecule is CC1(c2ccc(C(=O)N3CCCC3(C)C(=O)O)cc2)NC(=O)NC1=O. The molecule has 2 saturated heterocycles. The van der Waals surface area contributed by atoms with Crippen molar-refractivity contribution in [1.29, 1.82) is 0 Å². The Bertz CT molecular complexity index is 775. The Balaban J connectivity index is 1.86. The van der Waals surface area contributed by atoms with Crippen molar-refractivity contribution in [1.82, 2.24) is 15.5 Å². The van der Waals surface area contributed by atoms with Crippen molar-refractivity contribution in [3.63, 3.8) is 0 Å². The van der Waals surface area contributed by atoms with Crippen molar-refractivity contribution < 1.29 is 24.3 Å². The number of benzene rings is 1. The number of hydrogen-bond acceptors (Lipinski definition) is 4. The van der Waals surface area contributed by atoms with E-state index in [4.69, 9.17) is 0 Å². The first-order chi connectivity index (χ1) is 11.7. The summed E-state index contributed by atoms with van der Waals surface area (Å²) in [5, 5.41) is 14.2. The first-order valence-electron chi connectivity index (χ1n) is 7.98. The first-order valence-corrected chi connectivity index (χ1v) is 7.98. The van der Waals surface area contributed by atoms with Crippen molar-refractivity contribution in [3.05, 3.63) is 35.4 Å². The van der Waals surface area contributed by atoms with Crippen LogP contribution in [0.15, 0.2) is 24.3 Å². The van der Waals surface area contributed by atoms with Gasteiger partial charge in [-0.3, -0.25) is 14.9 Å². The lowest BCUT2D eigenvalue weighted by molar-refractivity contribution is -0.147. The van der Waals surface area contributed by atoms with Crippen LogP contribution < -0.4 is 10.6 Å². The highest BCUT2D eigenvalue weighted by molar-refractivity contribution is 6.07. The van der Waals surface area contributed by atoms with Crippen molar-refractivity contribution in [2.45, 2.75) is 37.8 Å². The van der Waals surface area contributed by atoms with Crippen molar-refractivity contribution in [3.8, 4) is 0 Å². The molecule has 0 bridgehead atoms. The van der Waals surface area contributed by atoms with Crippen LogP contribution in [0, 0.1) is 0 Å². The van der Waals surface area contributed by atoms with Gasteiger partial charge in [-0.25, -0.2) is 9.59 Å². The number of carboxylic acid groups (broad SMARTS) is 1. The molecule has 1 aromatic rings. The Labute approximate surface area is 144 Å². The summed E-state index contributed by atoms with van der Waals surface area (Å²) >= 11 is 0. The maximum atomic E-state index is 12.7. The highest BCUT2D eigenvalue weighted by Crippen LogP contribution is 2.31. The van der Waals surface area contributed by atoms with Gasteiger partial charge in [0.15, 0.2) is 0 Å². The zero-order valence-corrected chi connectivity index (χ0v) is 14.0. The van der Waals surface area contributed by atoms with Crippen LogP contribution in [-0.2, 0) is 15.1 Å². The quantitative estimate of drug-likeness (QED) is 0.702. The van der Waals surface area contributed by atoms with E-state index in [1.165, 1.54) is 4.90 Å². The van der Waals surface area contributed by atoms with Crippen LogP contribution in [0.4, 0.5) is 4.79 Å². The van der Waals surface area contributed by atoms with E-state index in [1.807, 2.05) is 0 Å². The molecule has 0 aromatic heterocycles. The zero-order valence-electron chi connectivity index (χ0n) is 14.0. The molecular formula is C17H19N3O5. The molecule has 2 aliphatic rings. The van der Waals surface area contributed by atoms with Gasteiger partial charge < -0.3 is 15.3 Å². The summed E-state index contributed by atoms with van der Waals surface area (Å²) in [5.41, 5.74) is -1.52. The van der Waals surface area contributed by atoms with Gasteiger partial charge in [-0.1, -0.05) is 12.1 Å². The number of carbonyl (C=O) groups excluding carboxylic acids is 3. The number of imide groups is 1. The van der Waals surface area contributed by atoms with Crippen molar-refractivity contribution in [2.24, 2.45) is 0 Å². The smallest absolute Gasteiger partial charge is 0.329 e. The summed E-state index contributed by atoms with van der Waals surface area (Å²) in [5.74, 6) is -1.85. The molecule has 2 fully saturated rings. The van der Waals surface area contributed by atoms with Gasteiger partial charge in [0.05, 0.1) is 0 Å². The topological polar surface area (TPSA) is 116 Å². The lowest BCUT2D eigenvalue weighted by atomic mass is 9.91. The highest BCUT2D eigenvalue weighted by atomic mass is 16.4. The summed E-state index contributed by atoms with van der Waals surface area (Å²) < 4.78 is 0. The summed E-state index contributed by atoms with van der Waals surface area (Å²) in [6.45, 7) is 3.51. The lowest BCUT2D eigenvalue weighted by Gasteiger charge is -2.31. The number of rotatable bonds is 3. The fourth-order valence-electron chi connectivity index (χ4n) is 3.36. The maximum Gasteiger partial charge on any atom is 0.329 e. The van der Waals surface area contributed by atoms with Crippen LogP contribution in [0.2, 0.25) is 0 Å². The Morgan fingerprint density at radius 2 is 1.80 bits per heavy atom. The number of nitrogens with one attached hydrogen (secondary N) is 2. The Morgan fingerprint density at radius 3 is 2.32 bits per heavy atom. The van der Waals surface area contributed by atoms with Gasteiger partial charge in [-0.2, -0.15) is 0 Å². The molecule has 0 radical (unpaired) electrons. The fraction of sp³-hybridized carbons (Fsp3) is 0.412. The number of nitrogens with zero attached hydrogens (tertiary/aromatic N) is 1. The van der Waals surface area contributed by atoms with Crippen LogP contribution in [0.1, 0.15) is 42.6 Å². The van der Waals surface area contributed by atoms with E-state index >= 15 is 0 Å². The molecule has 3 N–H and O–H groups in total. The molecule has 8 nitrogen and oxygen atoms in total. The summed E-state index contributed by atoms with van der Waals surface area (Å²) in [6, 6.07) is 5.70. The normalized spacial score (nSPS) is 28.6. The third-order valence-corrected chi connectivity index (χ3v) is 5.10. The highest BCUT2D eigenvalue weighted by Gasteiger charge is 2.46. The van der Waals surface area contributed by atoms with Gasteiger partial charge in [0.1, 0.15) is 11.1 Å². The molecule has 1 aromatic carbocycles. The molecule has 0 saturated carbocycles. The molecular weight excluding hydrogens is 326 g/mol. The van der Waals surface area contributed by atoms with Crippen molar-refractivity contribution >= 4 is 23.8 Å². The molecule has 0 spiro atoms. The maximum absolute atomic E-state index is 12.7. The number of carboxylic acids is 1. The van der Waals surface area contributed by atoms with Crippen LogP contribution in [0.3, 0.4) is 0 Å². The van der Waals surface area contributed by atoms with E-state index in [0.29, 0.717) is 30.5 Å². The third-order valence-electron chi connectivity index (χ3n) is 5.10. The Kier molecular flexibility index (Phi) is 3.78. The number of amides is 4. The molecule has 2 unspecified atom stereocenters. The predicted molar refractivity (Wildman–Crippen MR) is 86.8 cm³/mol. The molecule has 2 heterocycles. The second kappa shape index (κ2) is 5.58. The summed E-state index contributed by atoms with van der Waals surface area (Å²) in [6.07, 6.45) is 1.05. The van der Waals surface area contributed by atoms with Gasteiger partial charge in [0.2, 0.25) is 0 Å². The molecule has 0 aliphatic carbocycles. The minimum absolute atomic E-state index is 0.339. The van der Waals surface area contributed by atoms with Crippen LogP contribution >= 0.6 is 0 Å². The molecule has 3 rings (SSSR count). The minimum Gasteiger partial charge on any atom is -0.480 e. The predicted octanol–water partition coefficient (Wildman–Crippen LogP) is 0.821. The second-order valence-corrected chi connectivity index (χ2v) is 6.75. The van der Waals surface area contributed by atoms with Crippen LogP contribution in [0.25, 0.3) is 0 Å². The Morgan fingerprint density at radius 1 is 1.16 bits per heavy atom. The van der Waals surface area contributed by atoms with E-state index in [-0.39, 0.29) is 5.91 Å². The Hall–Kier alpha value is -2.90. The molecule has 2 atom stereocenters. The van der Waals surface area contributed by atoms with Crippen LogP contribution in [0.5, 0.6) is 0 Å². The van der Waals surface area contributed by atoms with E-state index in [0.717, 1.165) is 0 Å². The number of carbonyl (C=O) groups is 4. The van der Waals surface area contributed by atoms with Crippen molar-refractivity contribution in [2.75, 3.05) is 6.54 Å². The number of hydrogen-bond donors (Lipinski definition) is 3. The van der Waals surface area contributed by atoms with Gasteiger partial charge in [0, 0.05) is 12.1 Å². The van der Waals surface area contributed by atoms with E-state index in [1.54, 1.807) is 38.1 Å². The fourth-order valence-corrected chi connectivity index (χ4v) is 3.36. The van der Waals surface area contributed by atoms with Gasteiger partial charge in [0.25, 0.3) is 11.8 Å². The summed E-state index contributed by atoms with van der Waals surface area (Å²) in [4.78, 5) is 48.9. The monoisotopic (exact) mass is 345 g/mol. The largest absolute Gasteiger partial charge is 0.480 e. The van der Waals surface area contributed by atoms with Gasteiger partial charge in [-0.15, -0.1) is 0 Å². The standard InChI is InChI=1S/C17H19N3O5/c1-16(14(23)24)8-3-9-20(16)12(21)10-4-6-11(7-5-10)17(2)13(22)18-15(25)19-17/h4-7H,3,8-9H2,1-2H3,(H,23,24)(H2,18,19,22,25). The molecule has 8 heteroatoms. The van der Waals surface area contributed by atoms with Crippen LogP contribution in [-0.4, -0.2) is 45.9 Å².